The van der Waals surface area contributed by atoms with E-state index in [2.05, 4.69) is 0 Å². The van der Waals surface area contributed by atoms with Crippen LogP contribution in [0.5, 0.6) is 0 Å². The van der Waals surface area contributed by atoms with Gasteiger partial charge in [0.1, 0.15) is 0 Å². The van der Waals surface area contributed by atoms with Crippen LogP contribution < -0.4 is 5.73 Å². The van der Waals surface area contributed by atoms with Gasteiger partial charge in [-0.15, -0.1) is 12.4 Å². The summed E-state index contributed by atoms with van der Waals surface area (Å²) in [5, 5.41) is -0.491. The van der Waals surface area contributed by atoms with E-state index < -0.39 is 14.7 Å². The van der Waals surface area contributed by atoms with Crippen molar-refractivity contribution in [3.05, 3.63) is 0 Å². The SMILES string of the molecule is C[C@H](N)C(=O)Cl.Cl.ClP(Cl)(Cl)(Cl)Cl. The van der Waals surface area contributed by atoms with Gasteiger partial charge in [0.2, 0.25) is 5.24 Å². The van der Waals surface area contributed by atoms with E-state index in [1.54, 1.807) is 0 Å². The summed E-state index contributed by atoms with van der Waals surface area (Å²) in [7, 11) is 0. The summed E-state index contributed by atoms with van der Waals surface area (Å²) in [4.78, 5) is 9.78. The Bertz CT molecular complexity index is 146. The number of hydrogen-bond donors (Lipinski definition) is 1. The second kappa shape index (κ2) is 7.38. The first kappa shape index (κ1) is 20.5. The molecular formula is C3H7Cl7NOP. The number of hydrogen-bond acceptors (Lipinski definition) is 2. The third kappa shape index (κ3) is 55.5. The van der Waals surface area contributed by atoms with E-state index >= 15 is 0 Å². The molecule has 0 aliphatic heterocycles. The Morgan fingerprint density at radius 3 is 1.31 bits per heavy atom. The molecule has 13 heavy (non-hydrogen) atoms. The molecule has 0 unspecified atom stereocenters. The maximum absolute atomic E-state index is 9.78. The molecule has 0 bridgehead atoms. The van der Waals surface area contributed by atoms with E-state index in [0.29, 0.717) is 0 Å². The number of carbonyl (C=O) groups excluding carboxylic acids is 1. The molecule has 0 heterocycles. The molecule has 0 radical (unpaired) electrons. The summed E-state index contributed by atoms with van der Waals surface area (Å²) in [6, 6.07) is -0.522. The standard InChI is InChI=1S/C3H6ClNO.Cl5P.ClH/c1-2(5)3(4)6;1-6(2,3,4)5;/h2H,5H2,1H3;;1H/t2-;;/m0../s1. The summed E-state index contributed by atoms with van der Waals surface area (Å²) >= 11 is 29.7. The molecule has 0 amide bonds. The molecule has 2 nitrogen and oxygen atoms in total. The fraction of sp³-hybridized carbons (Fsp3) is 0.667. The van der Waals surface area contributed by atoms with Crippen molar-refractivity contribution < 1.29 is 4.79 Å². The molecule has 10 heteroatoms. The van der Waals surface area contributed by atoms with Crippen LogP contribution in [-0.4, -0.2) is 11.3 Å². The first-order valence-electron chi connectivity index (χ1n) is 2.44. The topological polar surface area (TPSA) is 43.1 Å². The van der Waals surface area contributed by atoms with Crippen molar-refractivity contribution in [1.82, 2.24) is 0 Å². The fourth-order valence-corrected chi connectivity index (χ4v) is 0. The van der Waals surface area contributed by atoms with Gasteiger partial charge in [-0.3, -0.25) is 4.79 Å². The van der Waals surface area contributed by atoms with E-state index in [9.17, 15) is 4.79 Å². The van der Waals surface area contributed by atoms with E-state index in [4.69, 9.17) is 73.5 Å². The van der Waals surface area contributed by atoms with Gasteiger partial charge in [-0.05, 0) is 18.5 Å². The number of carbonyl (C=O) groups is 1. The van der Waals surface area contributed by atoms with E-state index in [-0.39, 0.29) is 12.4 Å². The molecule has 0 saturated heterocycles. The van der Waals surface area contributed by atoms with Gasteiger partial charge in [0.05, 0.1) is 6.04 Å². The monoisotopic (exact) mass is 349 g/mol. The van der Waals surface area contributed by atoms with Gasteiger partial charge in [-0.1, -0.05) is 0 Å². The van der Waals surface area contributed by atoms with Gasteiger partial charge >= 0.3 is 59.6 Å². The first-order chi connectivity index (χ1) is 4.88. The average Bonchev–Trinajstić information content (AvgIpc) is 1.56. The molecule has 84 valence electrons. The molecule has 0 aliphatic carbocycles. The van der Waals surface area contributed by atoms with Crippen molar-refractivity contribution in [3.8, 4) is 0 Å². The van der Waals surface area contributed by atoms with Crippen molar-refractivity contribution in [1.29, 1.82) is 0 Å². The zero-order chi connectivity index (χ0) is 10.6. The zero-order valence-corrected chi connectivity index (χ0v) is 12.4. The van der Waals surface area contributed by atoms with Crippen LogP contribution in [0.3, 0.4) is 0 Å². The van der Waals surface area contributed by atoms with Gasteiger partial charge in [0.15, 0.2) is 0 Å². The van der Waals surface area contributed by atoms with Crippen LogP contribution in [-0.2, 0) is 4.79 Å². The Hall–Kier alpha value is 2.09. The molecule has 0 aliphatic rings. The Kier molecular flexibility index (Phi) is 11.6. The van der Waals surface area contributed by atoms with E-state index in [1.165, 1.54) is 6.92 Å². The average molecular weight is 352 g/mol. The van der Waals surface area contributed by atoms with Crippen molar-refractivity contribution >= 4 is 88.8 Å². The Morgan fingerprint density at radius 1 is 1.23 bits per heavy atom. The summed E-state index contributed by atoms with van der Waals surface area (Å²) in [5.41, 5.74) is 4.95. The predicted molar refractivity (Wildman–Crippen MR) is 67.9 cm³/mol. The number of rotatable bonds is 1. The van der Waals surface area contributed by atoms with Crippen LogP contribution >= 0.6 is 83.6 Å². The van der Waals surface area contributed by atoms with E-state index in [0.717, 1.165) is 0 Å². The summed E-state index contributed by atoms with van der Waals surface area (Å²) in [6.45, 7) is 1.54. The summed E-state index contributed by atoms with van der Waals surface area (Å²) in [5.74, 6) is 0. The number of nitrogens with two attached hydrogens (primary N) is 1. The van der Waals surface area contributed by atoms with Crippen LogP contribution in [0.2, 0.25) is 0 Å². The third-order valence-electron chi connectivity index (χ3n) is 0.358. The van der Waals surface area contributed by atoms with Crippen LogP contribution in [0.4, 0.5) is 0 Å². The third-order valence-corrected chi connectivity index (χ3v) is 0.702. The van der Waals surface area contributed by atoms with Gasteiger partial charge in [0, 0.05) is 0 Å². The Morgan fingerprint density at radius 2 is 1.31 bits per heavy atom. The fourth-order valence-electron chi connectivity index (χ4n) is 0. The molecule has 0 aromatic rings. The van der Waals surface area contributed by atoms with Gasteiger partial charge in [-0.25, -0.2) is 0 Å². The molecule has 0 spiro atoms. The summed E-state index contributed by atoms with van der Waals surface area (Å²) < 4.78 is -3.69. The molecule has 0 aromatic carbocycles. The predicted octanol–water partition coefficient (Wildman–Crippen LogP) is 4.83. The summed E-state index contributed by atoms with van der Waals surface area (Å²) in [6.07, 6.45) is 0. The van der Waals surface area contributed by atoms with Gasteiger partial charge in [0.25, 0.3) is 0 Å². The van der Waals surface area contributed by atoms with Crippen molar-refractivity contribution in [3.63, 3.8) is 0 Å². The van der Waals surface area contributed by atoms with E-state index in [1.807, 2.05) is 0 Å². The Labute approximate surface area is 112 Å². The van der Waals surface area contributed by atoms with Crippen LogP contribution in [0.1, 0.15) is 6.92 Å². The van der Waals surface area contributed by atoms with Crippen LogP contribution in [0.25, 0.3) is 0 Å². The normalized spacial score (nSPS) is 15.2. The quantitative estimate of drug-likeness (QED) is 0.543. The van der Waals surface area contributed by atoms with Crippen molar-refractivity contribution in [2.45, 2.75) is 13.0 Å². The van der Waals surface area contributed by atoms with Gasteiger partial charge in [-0.2, -0.15) is 0 Å². The first-order valence-corrected chi connectivity index (χ1v) is 9.58. The molecule has 0 aromatic heterocycles. The molecule has 0 rings (SSSR count). The molecule has 0 saturated carbocycles. The zero-order valence-electron chi connectivity index (χ0n) is 6.19. The van der Waals surface area contributed by atoms with Gasteiger partial charge < -0.3 is 5.73 Å². The van der Waals surface area contributed by atoms with Crippen LogP contribution in [0, 0.1) is 0 Å². The minimum absolute atomic E-state index is 0. The maximum atomic E-state index is 9.78. The Balaban J connectivity index is -0.000000143. The van der Waals surface area contributed by atoms with Crippen molar-refractivity contribution in [2.24, 2.45) is 5.73 Å². The second-order valence-corrected chi connectivity index (χ2v) is 18.7. The second-order valence-electron chi connectivity index (χ2n) is 1.73. The molecule has 2 N–H and O–H groups in total. The number of halogens is 7. The van der Waals surface area contributed by atoms with Crippen molar-refractivity contribution in [2.75, 3.05) is 0 Å². The molecule has 0 fully saturated rings. The minimum atomic E-state index is -3.69. The molecular weight excluding hydrogens is 345 g/mol. The molecule has 1 atom stereocenters. The van der Waals surface area contributed by atoms with Crippen LogP contribution in [0.15, 0.2) is 0 Å².